The molecule has 0 aliphatic carbocycles. The van der Waals surface area contributed by atoms with Gasteiger partial charge in [0.1, 0.15) is 0 Å². The normalized spacial score (nSPS) is 16.7. The fraction of sp³-hybridized carbons (Fsp3) is 0.875. The number of methoxy groups -OCH3 is 1. The summed E-state index contributed by atoms with van der Waals surface area (Å²) in [6.07, 6.45) is 3.75. The van der Waals surface area contributed by atoms with Crippen LogP contribution in [0.2, 0.25) is 0 Å². The number of unbranched alkanes of at least 4 members (excludes halogenated alkanes) is 1. The Morgan fingerprint density at radius 1 is 1.27 bits per heavy atom. The molecule has 1 aliphatic heterocycles. The Hall–Kier alpha value is -1.30. The maximum Gasteiger partial charge on any atom is 0.308 e. The van der Waals surface area contributed by atoms with Crippen LogP contribution in [0.4, 0.5) is 0 Å². The average molecular weight is 313 g/mol. The van der Waals surface area contributed by atoms with Gasteiger partial charge >= 0.3 is 5.97 Å². The van der Waals surface area contributed by atoms with Crippen LogP contribution < -0.4 is 5.32 Å². The van der Waals surface area contributed by atoms with Gasteiger partial charge < -0.3 is 19.7 Å². The van der Waals surface area contributed by atoms with E-state index in [1.807, 2.05) is 6.92 Å². The molecule has 1 N–H and O–H groups in total. The quantitative estimate of drug-likeness (QED) is 0.319. The number of likely N-dealkylation sites (tertiary alicyclic amines) is 1. The van der Waals surface area contributed by atoms with Gasteiger partial charge in [-0.15, -0.1) is 0 Å². The molecular formula is C16H31N3O3. The molecule has 0 saturated carbocycles. The van der Waals surface area contributed by atoms with Crippen molar-refractivity contribution in [2.24, 2.45) is 10.9 Å². The van der Waals surface area contributed by atoms with E-state index in [4.69, 9.17) is 9.47 Å². The molecule has 1 rings (SSSR count). The molecule has 0 radical (unpaired) electrons. The number of carbonyl (C=O) groups excluding carboxylic acids is 1. The van der Waals surface area contributed by atoms with Gasteiger partial charge in [0.25, 0.3) is 0 Å². The van der Waals surface area contributed by atoms with Gasteiger partial charge in [0.05, 0.1) is 13.0 Å². The number of carbonyl (C=O) groups is 1. The SMILES string of the molecule is CCNC(=NCCCCOCC)N1CCC(C(=O)OC)CC1. The van der Waals surface area contributed by atoms with E-state index in [-0.39, 0.29) is 11.9 Å². The van der Waals surface area contributed by atoms with Gasteiger partial charge in [-0.2, -0.15) is 0 Å². The zero-order valence-corrected chi connectivity index (χ0v) is 14.3. The van der Waals surface area contributed by atoms with Gasteiger partial charge in [0, 0.05) is 39.4 Å². The predicted molar refractivity (Wildman–Crippen MR) is 88.0 cm³/mol. The molecule has 0 spiro atoms. The molecule has 128 valence electrons. The van der Waals surface area contributed by atoms with Crippen LogP contribution in [0.1, 0.15) is 39.5 Å². The second-order valence-corrected chi connectivity index (χ2v) is 5.42. The minimum atomic E-state index is -0.0856. The summed E-state index contributed by atoms with van der Waals surface area (Å²) in [7, 11) is 1.46. The molecule has 1 saturated heterocycles. The van der Waals surface area contributed by atoms with Crippen molar-refractivity contribution in [2.75, 3.05) is 46.5 Å². The number of nitrogens with one attached hydrogen (secondary N) is 1. The van der Waals surface area contributed by atoms with Crippen molar-refractivity contribution < 1.29 is 14.3 Å². The highest BCUT2D eigenvalue weighted by molar-refractivity contribution is 5.80. The summed E-state index contributed by atoms with van der Waals surface area (Å²) in [5.41, 5.74) is 0. The van der Waals surface area contributed by atoms with Crippen LogP contribution in [0.15, 0.2) is 4.99 Å². The van der Waals surface area contributed by atoms with Gasteiger partial charge in [0.15, 0.2) is 5.96 Å². The summed E-state index contributed by atoms with van der Waals surface area (Å²) in [6, 6.07) is 0. The summed E-state index contributed by atoms with van der Waals surface area (Å²) in [4.78, 5) is 18.5. The van der Waals surface area contributed by atoms with Crippen molar-refractivity contribution in [3.8, 4) is 0 Å². The Labute approximate surface area is 134 Å². The van der Waals surface area contributed by atoms with E-state index >= 15 is 0 Å². The van der Waals surface area contributed by atoms with Crippen LogP contribution in [0, 0.1) is 5.92 Å². The number of hydrogen-bond acceptors (Lipinski definition) is 4. The smallest absolute Gasteiger partial charge is 0.308 e. The van der Waals surface area contributed by atoms with Crippen LogP contribution in [0.5, 0.6) is 0 Å². The van der Waals surface area contributed by atoms with E-state index in [9.17, 15) is 4.79 Å². The van der Waals surface area contributed by atoms with Crippen molar-refractivity contribution in [1.82, 2.24) is 10.2 Å². The second kappa shape index (κ2) is 11.3. The summed E-state index contributed by atoms with van der Waals surface area (Å²) >= 11 is 0. The van der Waals surface area contributed by atoms with Crippen LogP contribution in [-0.4, -0.2) is 63.3 Å². The first-order valence-electron chi connectivity index (χ1n) is 8.41. The highest BCUT2D eigenvalue weighted by Gasteiger charge is 2.26. The van der Waals surface area contributed by atoms with Crippen LogP contribution >= 0.6 is 0 Å². The highest BCUT2D eigenvalue weighted by atomic mass is 16.5. The Morgan fingerprint density at radius 2 is 2.00 bits per heavy atom. The Kier molecular flexibility index (Phi) is 9.62. The minimum Gasteiger partial charge on any atom is -0.469 e. The molecule has 0 atom stereocenters. The van der Waals surface area contributed by atoms with Crippen molar-refractivity contribution in [1.29, 1.82) is 0 Å². The van der Waals surface area contributed by atoms with Crippen molar-refractivity contribution in [3.63, 3.8) is 0 Å². The van der Waals surface area contributed by atoms with Gasteiger partial charge in [0.2, 0.25) is 0 Å². The van der Waals surface area contributed by atoms with Gasteiger partial charge in [-0.05, 0) is 39.5 Å². The number of hydrogen-bond donors (Lipinski definition) is 1. The molecule has 1 aliphatic rings. The number of esters is 1. The average Bonchev–Trinajstić information content (AvgIpc) is 2.56. The molecule has 22 heavy (non-hydrogen) atoms. The summed E-state index contributed by atoms with van der Waals surface area (Å²) < 4.78 is 10.2. The van der Waals surface area contributed by atoms with E-state index in [0.29, 0.717) is 0 Å². The fourth-order valence-corrected chi connectivity index (χ4v) is 2.56. The van der Waals surface area contributed by atoms with Gasteiger partial charge in [-0.25, -0.2) is 0 Å². The molecule has 1 fully saturated rings. The lowest BCUT2D eigenvalue weighted by atomic mass is 9.97. The molecule has 0 unspecified atom stereocenters. The molecule has 0 amide bonds. The third-order valence-corrected chi connectivity index (χ3v) is 3.83. The molecule has 0 bridgehead atoms. The Bertz CT molecular complexity index is 340. The van der Waals surface area contributed by atoms with E-state index in [0.717, 1.165) is 71.0 Å². The van der Waals surface area contributed by atoms with Crippen LogP contribution in [0.25, 0.3) is 0 Å². The van der Waals surface area contributed by atoms with Crippen molar-refractivity contribution in [2.45, 2.75) is 39.5 Å². The third kappa shape index (κ3) is 6.64. The molecule has 6 heteroatoms. The number of piperidine rings is 1. The summed E-state index contributed by atoms with van der Waals surface area (Å²) in [5.74, 6) is 0.912. The zero-order chi connectivity index (χ0) is 16.2. The molecule has 0 aromatic carbocycles. The van der Waals surface area contributed by atoms with Crippen LogP contribution in [-0.2, 0) is 14.3 Å². The number of ether oxygens (including phenoxy) is 2. The molecule has 1 heterocycles. The molecule has 0 aromatic heterocycles. The molecule has 0 aromatic rings. The summed E-state index contributed by atoms with van der Waals surface area (Å²) in [5, 5.41) is 3.34. The zero-order valence-electron chi connectivity index (χ0n) is 14.3. The first-order chi connectivity index (χ1) is 10.7. The molecular weight excluding hydrogens is 282 g/mol. The molecule has 6 nitrogen and oxygen atoms in total. The van der Waals surface area contributed by atoms with Crippen molar-refractivity contribution >= 4 is 11.9 Å². The topological polar surface area (TPSA) is 63.2 Å². The van der Waals surface area contributed by atoms with Gasteiger partial charge in [-0.3, -0.25) is 9.79 Å². The first-order valence-corrected chi connectivity index (χ1v) is 8.41. The third-order valence-electron chi connectivity index (χ3n) is 3.83. The summed E-state index contributed by atoms with van der Waals surface area (Å²) in [6.45, 7) is 9.05. The lowest BCUT2D eigenvalue weighted by Crippen LogP contribution is -2.46. The number of rotatable bonds is 8. The van der Waals surface area contributed by atoms with E-state index in [2.05, 4.69) is 22.1 Å². The van der Waals surface area contributed by atoms with Crippen LogP contribution in [0.3, 0.4) is 0 Å². The maximum atomic E-state index is 11.6. The monoisotopic (exact) mass is 313 g/mol. The standard InChI is InChI=1S/C16H31N3O3/c1-4-17-16(18-10-6-7-13-22-5-2)19-11-8-14(9-12-19)15(20)21-3/h14H,4-13H2,1-3H3,(H,17,18). The predicted octanol–water partition coefficient (Wildman–Crippen LogP) is 1.65. The second-order valence-electron chi connectivity index (χ2n) is 5.42. The van der Waals surface area contributed by atoms with E-state index in [1.54, 1.807) is 0 Å². The highest BCUT2D eigenvalue weighted by Crippen LogP contribution is 2.18. The van der Waals surface area contributed by atoms with Gasteiger partial charge in [-0.1, -0.05) is 0 Å². The van der Waals surface area contributed by atoms with E-state index in [1.165, 1.54) is 7.11 Å². The Balaban J connectivity index is 2.38. The van der Waals surface area contributed by atoms with E-state index < -0.39 is 0 Å². The number of nitrogens with zero attached hydrogens (tertiary/aromatic N) is 2. The lowest BCUT2D eigenvalue weighted by molar-refractivity contribution is -0.146. The minimum absolute atomic E-state index is 0.0373. The van der Waals surface area contributed by atoms with Crippen molar-refractivity contribution in [3.05, 3.63) is 0 Å². The Morgan fingerprint density at radius 3 is 2.59 bits per heavy atom. The largest absolute Gasteiger partial charge is 0.469 e. The first kappa shape index (κ1) is 18.7. The lowest BCUT2D eigenvalue weighted by Gasteiger charge is -2.33. The number of aliphatic imine (C=N–C) groups is 1. The fourth-order valence-electron chi connectivity index (χ4n) is 2.56. The maximum absolute atomic E-state index is 11.6. The number of guanidine groups is 1.